The highest BCUT2D eigenvalue weighted by Crippen LogP contribution is 2.22. The molecular weight excluding hydrogens is 410 g/mol. The number of anilines is 1. The summed E-state index contributed by atoms with van der Waals surface area (Å²) in [5.41, 5.74) is 1.09. The van der Waals surface area contributed by atoms with Crippen LogP contribution in [0.1, 0.15) is 36.5 Å². The van der Waals surface area contributed by atoms with Crippen LogP contribution in [0.4, 0.5) is 5.69 Å². The summed E-state index contributed by atoms with van der Waals surface area (Å²) in [4.78, 5) is 38.8. The molecule has 0 aliphatic rings. The molecule has 0 unspecified atom stereocenters. The number of nitrogens with zero attached hydrogens (tertiary/aromatic N) is 1. The molecule has 3 amide bonds. The topological polar surface area (TPSA) is 97.0 Å². The van der Waals surface area contributed by atoms with E-state index in [4.69, 9.17) is 9.47 Å². The third-order valence-electron chi connectivity index (χ3n) is 4.77. The van der Waals surface area contributed by atoms with Gasteiger partial charge >= 0.3 is 0 Å². The fourth-order valence-electron chi connectivity index (χ4n) is 3.12. The van der Waals surface area contributed by atoms with Crippen molar-refractivity contribution >= 4 is 23.4 Å². The molecule has 0 bridgehead atoms. The Morgan fingerprint density at radius 1 is 0.969 bits per heavy atom. The van der Waals surface area contributed by atoms with E-state index in [9.17, 15) is 14.4 Å². The summed E-state index contributed by atoms with van der Waals surface area (Å²) in [5, 5.41) is 5.60. The highest BCUT2D eigenvalue weighted by Gasteiger charge is 2.17. The van der Waals surface area contributed by atoms with Crippen LogP contribution >= 0.6 is 0 Å². The van der Waals surface area contributed by atoms with E-state index in [-0.39, 0.29) is 30.7 Å². The van der Waals surface area contributed by atoms with Crippen LogP contribution in [-0.4, -0.2) is 56.5 Å². The number of hydrogen-bond donors (Lipinski definition) is 2. The quantitative estimate of drug-likeness (QED) is 0.494. The minimum absolute atomic E-state index is 0.0388. The molecule has 2 rings (SSSR count). The number of nitrogens with one attached hydrogen (secondary N) is 2. The van der Waals surface area contributed by atoms with Gasteiger partial charge in [-0.25, -0.2) is 0 Å². The number of hydrogen-bond acceptors (Lipinski definition) is 5. The van der Waals surface area contributed by atoms with Gasteiger partial charge < -0.3 is 25.0 Å². The molecule has 172 valence electrons. The number of para-hydroxylation sites is 2. The van der Waals surface area contributed by atoms with Gasteiger partial charge in [-0.15, -0.1) is 0 Å². The second-order valence-corrected chi connectivity index (χ2v) is 7.15. The maximum Gasteiger partial charge on any atom is 0.251 e. The van der Waals surface area contributed by atoms with Crippen LogP contribution in [0.3, 0.4) is 0 Å². The first-order valence-electron chi connectivity index (χ1n) is 10.6. The van der Waals surface area contributed by atoms with E-state index in [0.717, 1.165) is 6.42 Å². The molecule has 0 aliphatic carbocycles. The number of methoxy groups -OCH3 is 2. The molecule has 0 aliphatic heterocycles. The van der Waals surface area contributed by atoms with Crippen LogP contribution in [0.15, 0.2) is 48.5 Å². The fraction of sp³-hybridized carbons (Fsp3) is 0.375. The summed E-state index contributed by atoms with van der Waals surface area (Å²) < 4.78 is 10.3. The Morgan fingerprint density at radius 3 is 2.34 bits per heavy atom. The van der Waals surface area contributed by atoms with Crippen LogP contribution < -0.4 is 20.1 Å². The van der Waals surface area contributed by atoms with E-state index in [1.165, 1.54) is 12.0 Å². The zero-order valence-electron chi connectivity index (χ0n) is 18.8. The molecule has 0 saturated carbocycles. The molecule has 0 radical (unpaired) electrons. The predicted molar refractivity (Wildman–Crippen MR) is 123 cm³/mol. The Labute approximate surface area is 188 Å². The number of ether oxygens (including phenoxy) is 2. The smallest absolute Gasteiger partial charge is 0.251 e. The molecule has 2 aromatic carbocycles. The van der Waals surface area contributed by atoms with Crippen molar-refractivity contribution in [1.29, 1.82) is 0 Å². The Kier molecular flexibility index (Phi) is 10.0. The molecule has 8 nitrogen and oxygen atoms in total. The number of rotatable bonds is 12. The van der Waals surface area contributed by atoms with Crippen molar-refractivity contribution in [3.05, 3.63) is 54.1 Å². The fourth-order valence-corrected chi connectivity index (χ4v) is 3.12. The number of carbonyl (C=O) groups is 3. The first kappa shape index (κ1) is 24.7. The Morgan fingerprint density at radius 2 is 1.69 bits per heavy atom. The lowest BCUT2D eigenvalue weighted by atomic mass is 10.2. The highest BCUT2D eigenvalue weighted by atomic mass is 16.5. The summed E-state index contributed by atoms with van der Waals surface area (Å²) in [6, 6.07) is 13.9. The van der Waals surface area contributed by atoms with E-state index in [2.05, 4.69) is 10.6 Å². The van der Waals surface area contributed by atoms with Crippen molar-refractivity contribution in [1.82, 2.24) is 10.2 Å². The van der Waals surface area contributed by atoms with E-state index in [0.29, 0.717) is 42.3 Å². The largest absolute Gasteiger partial charge is 0.497 e. The van der Waals surface area contributed by atoms with Crippen molar-refractivity contribution < 1.29 is 23.9 Å². The highest BCUT2D eigenvalue weighted by molar-refractivity contribution is 5.96. The van der Waals surface area contributed by atoms with Crippen molar-refractivity contribution in [2.45, 2.75) is 26.2 Å². The molecule has 2 aromatic rings. The standard InChI is InChI=1S/C24H31N3O5/c1-4-16-27(17-22(28)26-20-8-5-6-9-21(20)32-3)23(29)10-7-15-25-24(30)18-11-13-19(31-2)14-12-18/h5-6,8-9,11-14H,4,7,10,15-17H2,1-3H3,(H,25,30)(H,26,28). The Bertz CT molecular complexity index is 899. The van der Waals surface area contributed by atoms with Gasteiger partial charge in [0.15, 0.2) is 0 Å². The normalized spacial score (nSPS) is 10.2. The molecule has 0 aromatic heterocycles. The second kappa shape index (κ2) is 13.0. The predicted octanol–water partition coefficient (Wildman–Crippen LogP) is 3.09. The summed E-state index contributed by atoms with van der Waals surface area (Å²) in [6.07, 6.45) is 1.46. The molecule has 0 fully saturated rings. The van der Waals surface area contributed by atoms with E-state index < -0.39 is 0 Å². The molecule has 0 atom stereocenters. The summed E-state index contributed by atoms with van der Waals surface area (Å²) >= 11 is 0. The van der Waals surface area contributed by atoms with Gasteiger partial charge in [-0.1, -0.05) is 19.1 Å². The van der Waals surface area contributed by atoms with E-state index in [1.54, 1.807) is 49.6 Å². The van der Waals surface area contributed by atoms with Gasteiger partial charge in [0.05, 0.1) is 26.5 Å². The average molecular weight is 442 g/mol. The summed E-state index contributed by atoms with van der Waals surface area (Å²) in [6.45, 7) is 2.76. The molecule has 2 N–H and O–H groups in total. The molecule has 32 heavy (non-hydrogen) atoms. The van der Waals surface area contributed by atoms with Crippen molar-refractivity contribution in [2.24, 2.45) is 0 Å². The van der Waals surface area contributed by atoms with E-state index >= 15 is 0 Å². The van der Waals surface area contributed by atoms with Crippen LogP contribution in [-0.2, 0) is 9.59 Å². The maximum atomic E-state index is 12.6. The lowest BCUT2D eigenvalue weighted by molar-refractivity contribution is -0.134. The second-order valence-electron chi connectivity index (χ2n) is 7.15. The minimum Gasteiger partial charge on any atom is -0.497 e. The number of carbonyl (C=O) groups excluding carboxylic acids is 3. The maximum absolute atomic E-state index is 12.6. The molecular formula is C24H31N3O5. The van der Waals surface area contributed by atoms with Crippen LogP contribution in [0.2, 0.25) is 0 Å². The molecule has 0 spiro atoms. The minimum atomic E-state index is -0.288. The lowest BCUT2D eigenvalue weighted by Crippen LogP contribution is -2.38. The SMILES string of the molecule is CCCN(CC(=O)Nc1ccccc1OC)C(=O)CCCNC(=O)c1ccc(OC)cc1. The molecule has 0 saturated heterocycles. The zero-order chi connectivity index (χ0) is 23.3. The molecule has 0 heterocycles. The van der Waals surface area contributed by atoms with Crippen LogP contribution in [0, 0.1) is 0 Å². The van der Waals surface area contributed by atoms with Gasteiger partial charge in [-0.2, -0.15) is 0 Å². The monoisotopic (exact) mass is 441 g/mol. The Hall–Kier alpha value is -3.55. The first-order valence-corrected chi connectivity index (χ1v) is 10.6. The van der Waals surface area contributed by atoms with Gasteiger partial charge in [0.2, 0.25) is 11.8 Å². The van der Waals surface area contributed by atoms with Crippen LogP contribution in [0.5, 0.6) is 11.5 Å². The third-order valence-corrected chi connectivity index (χ3v) is 4.77. The van der Waals surface area contributed by atoms with Gasteiger partial charge in [-0.05, 0) is 49.2 Å². The van der Waals surface area contributed by atoms with Crippen LogP contribution in [0.25, 0.3) is 0 Å². The molecule has 8 heteroatoms. The van der Waals surface area contributed by atoms with Gasteiger partial charge in [0.25, 0.3) is 5.91 Å². The third kappa shape index (κ3) is 7.61. The number of amides is 3. The summed E-state index contributed by atoms with van der Waals surface area (Å²) in [5.74, 6) is 0.617. The first-order chi connectivity index (χ1) is 15.5. The van der Waals surface area contributed by atoms with Gasteiger partial charge in [-0.3, -0.25) is 14.4 Å². The summed E-state index contributed by atoms with van der Waals surface area (Å²) in [7, 11) is 3.10. The lowest BCUT2D eigenvalue weighted by Gasteiger charge is -2.22. The number of benzene rings is 2. The van der Waals surface area contributed by atoms with Crippen molar-refractivity contribution in [3.8, 4) is 11.5 Å². The van der Waals surface area contributed by atoms with Crippen molar-refractivity contribution in [3.63, 3.8) is 0 Å². The van der Waals surface area contributed by atoms with Gasteiger partial charge in [0.1, 0.15) is 11.5 Å². The Balaban J connectivity index is 1.80. The average Bonchev–Trinajstić information content (AvgIpc) is 2.81. The zero-order valence-corrected chi connectivity index (χ0v) is 18.8. The van der Waals surface area contributed by atoms with Gasteiger partial charge in [0, 0.05) is 25.1 Å². The van der Waals surface area contributed by atoms with Crippen molar-refractivity contribution in [2.75, 3.05) is 39.2 Å². The van der Waals surface area contributed by atoms with E-state index in [1.807, 2.05) is 13.0 Å².